The molecular weight excluding hydrogens is 284 g/mol. The molecule has 0 unspecified atom stereocenters. The van der Waals surface area contributed by atoms with E-state index >= 15 is 0 Å². The lowest BCUT2D eigenvalue weighted by molar-refractivity contribution is -0.127. The highest BCUT2D eigenvalue weighted by molar-refractivity contribution is 5.09. The summed E-state index contributed by atoms with van der Waals surface area (Å²) >= 11 is 0. The molecule has 0 aromatic carbocycles. The Morgan fingerprint density at radius 2 is 1.61 bits per heavy atom. The molecule has 0 heterocycles. The maximum atomic E-state index is 10.1. The van der Waals surface area contributed by atoms with Crippen molar-refractivity contribution < 1.29 is 10.2 Å². The Morgan fingerprint density at radius 1 is 0.870 bits per heavy atom. The molecule has 0 radical (unpaired) electrons. The van der Waals surface area contributed by atoms with Gasteiger partial charge in [-0.3, -0.25) is 0 Å². The molecule has 4 aliphatic rings. The smallest absolute Gasteiger partial charge is 0.0543 e. The SMILES string of the molecule is C[C@]12CC[C@H](O)C[C@@H]1CC[C@@H]1[C@@H]2CC[C@]2(C)[C@@H](CCO)CC[C@@H]12. The first-order valence-corrected chi connectivity index (χ1v) is 10.3. The predicted octanol–water partition coefficient (Wildman–Crippen LogP) is 4.39. The molecule has 4 aliphatic carbocycles. The predicted molar refractivity (Wildman–Crippen MR) is 92.9 cm³/mol. The number of aliphatic hydroxyl groups excluding tert-OH is 2. The molecule has 2 N–H and O–H groups in total. The summed E-state index contributed by atoms with van der Waals surface area (Å²) in [6.45, 7) is 5.50. The van der Waals surface area contributed by atoms with Crippen LogP contribution < -0.4 is 0 Å². The molecule has 132 valence electrons. The van der Waals surface area contributed by atoms with Gasteiger partial charge in [-0.1, -0.05) is 13.8 Å². The average Bonchev–Trinajstić information content (AvgIpc) is 2.85. The van der Waals surface area contributed by atoms with Crippen LogP contribution in [0.5, 0.6) is 0 Å². The van der Waals surface area contributed by atoms with Crippen molar-refractivity contribution >= 4 is 0 Å². The molecule has 2 nitrogen and oxygen atoms in total. The molecular formula is C21H36O2. The molecule has 0 aliphatic heterocycles. The van der Waals surface area contributed by atoms with Crippen LogP contribution in [-0.4, -0.2) is 22.9 Å². The van der Waals surface area contributed by atoms with E-state index in [0.29, 0.717) is 17.4 Å². The van der Waals surface area contributed by atoms with Crippen molar-refractivity contribution in [2.75, 3.05) is 6.61 Å². The number of rotatable bonds is 2. The maximum absolute atomic E-state index is 10.1. The van der Waals surface area contributed by atoms with E-state index in [1.54, 1.807) is 0 Å². The molecule has 0 aromatic heterocycles. The third-order valence-electron chi connectivity index (χ3n) is 9.31. The monoisotopic (exact) mass is 320 g/mol. The van der Waals surface area contributed by atoms with E-state index in [-0.39, 0.29) is 6.10 Å². The number of hydrogen-bond donors (Lipinski definition) is 2. The Morgan fingerprint density at radius 3 is 2.39 bits per heavy atom. The van der Waals surface area contributed by atoms with Crippen LogP contribution in [0.4, 0.5) is 0 Å². The van der Waals surface area contributed by atoms with Crippen LogP contribution in [0, 0.1) is 40.4 Å². The molecule has 0 saturated heterocycles. The first-order chi connectivity index (χ1) is 11.0. The van der Waals surface area contributed by atoms with Crippen LogP contribution >= 0.6 is 0 Å². The minimum Gasteiger partial charge on any atom is -0.396 e. The van der Waals surface area contributed by atoms with Gasteiger partial charge in [0.05, 0.1) is 6.10 Å². The summed E-state index contributed by atoms with van der Waals surface area (Å²) < 4.78 is 0. The van der Waals surface area contributed by atoms with Crippen LogP contribution in [0.1, 0.15) is 78.1 Å². The first kappa shape index (κ1) is 16.4. The molecule has 2 heteroatoms. The van der Waals surface area contributed by atoms with Crippen LogP contribution in [0.3, 0.4) is 0 Å². The summed E-state index contributed by atoms with van der Waals surface area (Å²) in [4.78, 5) is 0. The van der Waals surface area contributed by atoms with Crippen molar-refractivity contribution in [3.05, 3.63) is 0 Å². The molecule has 4 rings (SSSR count). The third-order valence-corrected chi connectivity index (χ3v) is 9.31. The lowest BCUT2D eigenvalue weighted by Crippen LogP contribution is -2.53. The van der Waals surface area contributed by atoms with Crippen molar-refractivity contribution in [1.82, 2.24) is 0 Å². The number of aliphatic hydroxyl groups is 2. The minimum absolute atomic E-state index is 0.0288. The van der Waals surface area contributed by atoms with Gasteiger partial charge in [0.15, 0.2) is 0 Å². The summed E-state index contributed by atoms with van der Waals surface area (Å²) in [7, 11) is 0. The second kappa shape index (κ2) is 5.73. The van der Waals surface area contributed by atoms with Crippen molar-refractivity contribution in [3.8, 4) is 0 Å². The van der Waals surface area contributed by atoms with Crippen molar-refractivity contribution in [2.45, 2.75) is 84.2 Å². The molecule has 0 bridgehead atoms. The first-order valence-electron chi connectivity index (χ1n) is 10.3. The van der Waals surface area contributed by atoms with Crippen molar-refractivity contribution in [3.63, 3.8) is 0 Å². The number of hydrogen-bond acceptors (Lipinski definition) is 2. The van der Waals surface area contributed by atoms with Gasteiger partial charge in [0.25, 0.3) is 0 Å². The van der Waals surface area contributed by atoms with Crippen molar-refractivity contribution in [2.24, 2.45) is 40.4 Å². The molecule has 23 heavy (non-hydrogen) atoms. The zero-order valence-electron chi connectivity index (χ0n) is 15.1. The van der Waals surface area contributed by atoms with Crippen LogP contribution in [0.25, 0.3) is 0 Å². The fraction of sp³-hybridized carbons (Fsp3) is 1.00. The number of fused-ring (bicyclic) bond motifs is 5. The second-order valence-corrected chi connectivity index (χ2v) is 9.92. The summed E-state index contributed by atoms with van der Waals surface area (Å²) in [5.41, 5.74) is 1.000. The van der Waals surface area contributed by atoms with Gasteiger partial charge in [-0.25, -0.2) is 0 Å². The van der Waals surface area contributed by atoms with Gasteiger partial charge in [-0.2, -0.15) is 0 Å². The van der Waals surface area contributed by atoms with E-state index in [9.17, 15) is 10.2 Å². The van der Waals surface area contributed by atoms with Crippen molar-refractivity contribution in [1.29, 1.82) is 0 Å². The summed E-state index contributed by atoms with van der Waals surface area (Å²) in [6.07, 6.45) is 12.7. The third kappa shape index (κ3) is 2.34. The van der Waals surface area contributed by atoms with Crippen LogP contribution in [0.2, 0.25) is 0 Å². The second-order valence-electron chi connectivity index (χ2n) is 9.92. The summed E-state index contributed by atoms with van der Waals surface area (Å²) in [5.74, 6) is 4.26. The van der Waals surface area contributed by atoms with E-state index in [1.807, 2.05) is 0 Å². The van der Waals surface area contributed by atoms with Gasteiger partial charge >= 0.3 is 0 Å². The van der Waals surface area contributed by atoms with E-state index < -0.39 is 0 Å². The van der Waals surface area contributed by atoms with Gasteiger partial charge in [0, 0.05) is 6.61 Å². The fourth-order valence-electron chi connectivity index (χ4n) is 7.97. The Labute approximate surface area is 142 Å². The van der Waals surface area contributed by atoms with Crippen LogP contribution in [0.15, 0.2) is 0 Å². The van der Waals surface area contributed by atoms with Gasteiger partial charge in [0.2, 0.25) is 0 Å². The Balaban J connectivity index is 1.58. The highest BCUT2D eigenvalue weighted by atomic mass is 16.3. The normalized spacial score (nSPS) is 55.8. The van der Waals surface area contributed by atoms with E-state index in [0.717, 1.165) is 48.9 Å². The summed E-state index contributed by atoms with van der Waals surface area (Å²) in [6, 6.07) is 0. The standard InChI is InChI=1S/C21H36O2/c1-20-11-8-19-17(18(20)6-4-14(20)9-12-22)5-3-15-13-16(23)7-10-21(15,19)2/h14-19,22-23H,3-13H2,1-2H3/t14-,15+,16+,17+,18+,19+,20-,21+/m1/s1. The Hall–Kier alpha value is -0.0800. The van der Waals surface area contributed by atoms with E-state index in [2.05, 4.69) is 13.8 Å². The molecule has 4 saturated carbocycles. The average molecular weight is 321 g/mol. The Bertz CT molecular complexity index is 449. The molecule has 8 atom stereocenters. The van der Waals surface area contributed by atoms with E-state index in [1.165, 1.54) is 44.9 Å². The molecule has 0 aromatic rings. The molecule has 0 spiro atoms. The van der Waals surface area contributed by atoms with E-state index in [4.69, 9.17) is 0 Å². The highest BCUT2D eigenvalue weighted by Crippen LogP contribution is 2.67. The fourth-order valence-corrected chi connectivity index (χ4v) is 7.97. The summed E-state index contributed by atoms with van der Waals surface area (Å²) in [5, 5.41) is 19.6. The zero-order valence-corrected chi connectivity index (χ0v) is 15.1. The van der Waals surface area contributed by atoms with Gasteiger partial charge in [-0.15, -0.1) is 0 Å². The van der Waals surface area contributed by atoms with Crippen LogP contribution in [-0.2, 0) is 0 Å². The topological polar surface area (TPSA) is 40.5 Å². The lowest BCUT2D eigenvalue weighted by Gasteiger charge is -2.61. The Kier molecular flexibility index (Phi) is 4.08. The molecule has 4 fully saturated rings. The quantitative estimate of drug-likeness (QED) is 0.792. The van der Waals surface area contributed by atoms with Gasteiger partial charge in [0.1, 0.15) is 0 Å². The highest BCUT2D eigenvalue weighted by Gasteiger charge is 2.59. The van der Waals surface area contributed by atoms with Gasteiger partial charge in [-0.05, 0) is 105 Å². The lowest BCUT2D eigenvalue weighted by atomic mass is 9.44. The molecule has 0 amide bonds. The van der Waals surface area contributed by atoms with Gasteiger partial charge < -0.3 is 10.2 Å². The maximum Gasteiger partial charge on any atom is 0.0543 e. The minimum atomic E-state index is -0.0288. The zero-order chi connectivity index (χ0) is 16.2. The largest absolute Gasteiger partial charge is 0.396 e.